The Morgan fingerprint density at radius 1 is 1.39 bits per heavy atom. The number of carbonyl (C=O) groups excluding carboxylic acids is 1. The Hall–Kier alpha value is -1.17. The molecule has 128 valence electrons. The van der Waals surface area contributed by atoms with Crippen LogP contribution in [0.3, 0.4) is 0 Å². The lowest BCUT2D eigenvalue weighted by Crippen LogP contribution is -2.34. The highest BCUT2D eigenvalue weighted by atomic mass is 35.5. The summed E-state index contributed by atoms with van der Waals surface area (Å²) in [6, 6.07) is 5.03. The first kappa shape index (κ1) is 19.9. The number of halogens is 2. The van der Waals surface area contributed by atoms with E-state index in [9.17, 15) is 9.18 Å². The third kappa shape index (κ3) is 4.22. The van der Waals surface area contributed by atoms with E-state index in [1.165, 1.54) is 17.4 Å². The maximum Gasteiger partial charge on any atom is 0.263 e. The molecule has 2 N–H and O–H groups in total. The van der Waals surface area contributed by atoms with Crippen molar-refractivity contribution >= 4 is 39.7 Å². The fraction of sp³-hybridized carbons (Fsp3) is 0.471. The summed E-state index contributed by atoms with van der Waals surface area (Å²) < 4.78 is 14.7. The van der Waals surface area contributed by atoms with E-state index in [1.807, 2.05) is 13.0 Å². The molecule has 2 rings (SSSR count). The molecule has 23 heavy (non-hydrogen) atoms. The van der Waals surface area contributed by atoms with Gasteiger partial charge in [0.05, 0.1) is 4.88 Å². The van der Waals surface area contributed by atoms with Crippen LogP contribution in [0.5, 0.6) is 0 Å². The van der Waals surface area contributed by atoms with Gasteiger partial charge in [-0.25, -0.2) is 4.39 Å². The van der Waals surface area contributed by atoms with Crippen LogP contribution in [-0.2, 0) is 0 Å². The minimum atomic E-state index is -0.269. The minimum Gasteiger partial charge on any atom is -0.341 e. The molecule has 1 heterocycles. The minimum absolute atomic E-state index is 0. The van der Waals surface area contributed by atoms with E-state index in [4.69, 9.17) is 5.73 Å². The second-order valence-electron chi connectivity index (χ2n) is 6.09. The maximum atomic E-state index is 13.9. The van der Waals surface area contributed by atoms with Crippen molar-refractivity contribution < 1.29 is 9.18 Å². The number of rotatable bonds is 5. The zero-order valence-electron chi connectivity index (χ0n) is 13.9. The zero-order valence-corrected chi connectivity index (χ0v) is 15.6. The summed E-state index contributed by atoms with van der Waals surface area (Å²) in [6.45, 7) is 6.56. The van der Waals surface area contributed by atoms with Crippen LogP contribution in [0.25, 0.3) is 10.1 Å². The van der Waals surface area contributed by atoms with Gasteiger partial charge in [-0.1, -0.05) is 19.9 Å². The molecule has 0 aliphatic carbocycles. The molecule has 3 nitrogen and oxygen atoms in total. The number of nitrogens with two attached hydrogens (primary N) is 1. The first-order valence-corrected chi connectivity index (χ1v) is 8.33. The highest BCUT2D eigenvalue weighted by Crippen LogP contribution is 2.33. The van der Waals surface area contributed by atoms with Gasteiger partial charge in [0.2, 0.25) is 0 Å². The van der Waals surface area contributed by atoms with Gasteiger partial charge in [0.15, 0.2) is 0 Å². The number of aryl methyl sites for hydroxylation is 1. The average Bonchev–Trinajstić information content (AvgIpc) is 2.81. The van der Waals surface area contributed by atoms with Crippen LogP contribution >= 0.6 is 23.7 Å². The zero-order chi connectivity index (χ0) is 16.4. The summed E-state index contributed by atoms with van der Waals surface area (Å²) in [5.74, 6) is 0.0625. The van der Waals surface area contributed by atoms with Crippen LogP contribution in [0.4, 0.5) is 4.39 Å². The lowest BCUT2D eigenvalue weighted by molar-refractivity contribution is 0.0793. The number of amides is 1. The van der Waals surface area contributed by atoms with Gasteiger partial charge >= 0.3 is 0 Å². The fourth-order valence-corrected chi connectivity index (χ4v) is 3.63. The molecule has 0 saturated carbocycles. The quantitative estimate of drug-likeness (QED) is 0.869. The van der Waals surface area contributed by atoms with E-state index >= 15 is 0 Å². The number of hydrogen-bond donors (Lipinski definition) is 1. The Morgan fingerprint density at radius 3 is 2.61 bits per heavy atom. The van der Waals surface area contributed by atoms with Gasteiger partial charge in [-0.05, 0) is 37.0 Å². The largest absolute Gasteiger partial charge is 0.341 e. The van der Waals surface area contributed by atoms with E-state index in [1.54, 1.807) is 18.0 Å². The molecule has 6 heteroatoms. The van der Waals surface area contributed by atoms with Gasteiger partial charge in [-0.15, -0.1) is 23.7 Å². The summed E-state index contributed by atoms with van der Waals surface area (Å²) in [5, 5.41) is 0.558. The number of hydrogen-bond acceptors (Lipinski definition) is 3. The highest BCUT2D eigenvalue weighted by molar-refractivity contribution is 7.21. The Balaban J connectivity index is 0.00000264. The molecule has 0 fully saturated rings. The van der Waals surface area contributed by atoms with Gasteiger partial charge in [0, 0.05) is 29.7 Å². The van der Waals surface area contributed by atoms with E-state index in [0.29, 0.717) is 22.7 Å². The molecule has 0 aliphatic rings. The van der Waals surface area contributed by atoms with Crippen LogP contribution in [-0.4, -0.2) is 30.4 Å². The van der Waals surface area contributed by atoms with Crippen molar-refractivity contribution in [1.82, 2.24) is 4.90 Å². The average molecular weight is 359 g/mol. The molecule has 1 unspecified atom stereocenters. The van der Waals surface area contributed by atoms with Crippen LogP contribution in [0, 0.1) is 18.7 Å². The summed E-state index contributed by atoms with van der Waals surface area (Å²) >= 11 is 1.35. The van der Waals surface area contributed by atoms with Gasteiger partial charge in [0.25, 0.3) is 5.91 Å². The number of benzene rings is 1. The smallest absolute Gasteiger partial charge is 0.263 e. The molecule has 0 radical (unpaired) electrons. The Kier molecular flexibility index (Phi) is 6.99. The second-order valence-corrected chi connectivity index (χ2v) is 7.14. The lowest BCUT2D eigenvalue weighted by Gasteiger charge is -2.21. The van der Waals surface area contributed by atoms with Crippen LogP contribution in [0.1, 0.15) is 35.5 Å². The Labute approximate surface area is 147 Å². The number of fused-ring (bicyclic) bond motifs is 1. The Bertz CT molecular complexity index is 687. The Morgan fingerprint density at radius 2 is 2.04 bits per heavy atom. The molecule has 1 aromatic heterocycles. The molecule has 1 aromatic carbocycles. The molecular formula is C17H24ClFN2OS. The van der Waals surface area contributed by atoms with Gasteiger partial charge in [-0.3, -0.25) is 4.79 Å². The van der Waals surface area contributed by atoms with Crippen molar-refractivity contribution in [3.8, 4) is 0 Å². The van der Waals surface area contributed by atoms with Crippen LogP contribution < -0.4 is 5.73 Å². The number of carbonyl (C=O) groups is 1. The molecule has 2 aromatic rings. The molecule has 0 saturated heterocycles. The first-order valence-electron chi connectivity index (χ1n) is 7.51. The van der Waals surface area contributed by atoms with E-state index in [-0.39, 0.29) is 30.2 Å². The molecule has 0 bridgehead atoms. The third-order valence-corrected chi connectivity index (χ3v) is 5.34. The fourth-order valence-electron chi connectivity index (χ4n) is 2.41. The van der Waals surface area contributed by atoms with Crippen molar-refractivity contribution in [3.05, 3.63) is 34.5 Å². The normalized spacial score (nSPS) is 12.3. The van der Waals surface area contributed by atoms with Crippen molar-refractivity contribution in [1.29, 1.82) is 0 Å². The molecule has 1 atom stereocenters. The van der Waals surface area contributed by atoms with E-state index < -0.39 is 0 Å². The maximum absolute atomic E-state index is 13.9. The van der Waals surface area contributed by atoms with Crippen molar-refractivity contribution in [2.45, 2.75) is 33.2 Å². The van der Waals surface area contributed by atoms with Crippen molar-refractivity contribution in [2.75, 3.05) is 13.6 Å². The monoisotopic (exact) mass is 358 g/mol. The summed E-state index contributed by atoms with van der Waals surface area (Å²) in [6.07, 6.45) is 0.762. The molecule has 1 amide bonds. The molecular weight excluding hydrogens is 335 g/mol. The standard InChI is InChI=1S/C17H23FN2OS.ClH/c1-10(2)13(19)8-9-20(4)17(21)16-11(3)15-12(18)6-5-7-14(15)22-16;/h5-7,10,13H,8-9,19H2,1-4H3;1H. The topological polar surface area (TPSA) is 46.3 Å². The first-order chi connectivity index (χ1) is 10.3. The lowest BCUT2D eigenvalue weighted by atomic mass is 10.0. The number of nitrogens with zero attached hydrogens (tertiary/aromatic N) is 1. The highest BCUT2D eigenvalue weighted by Gasteiger charge is 2.21. The van der Waals surface area contributed by atoms with E-state index in [2.05, 4.69) is 13.8 Å². The summed E-state index contributed by atoms with van der Waals surface area (Å²) in [7, 11) is 1.77. The van der Waals surface area contributed by atoms with Gasteiger partial charge in [-0.2, -0.15) is 0 Å². The molecule has 0 spiro atoms. The predicted molar refractivity (Wildman–Crippen MR) is 98.2 cm³/mol. The summed E-state index contributed by atoms with van der Waals surface area (Å²) in [4.78, 5) is 14.9. The van der Waals surface area contributed by atoms with Crippen LogP contribution in [0.2, 0.25) is 0 Å². The molecule has 0 aliphatic heterocycles. The third-order valence-electron chi connectivity index (χ3n) is 4.10. The van der Waals surface area contributed by atoms with Gasteiger partial charge in [0.1, 0.15) is 5.82 Å². The van der Waals surface area contributed by atoms with Crippen molar-refractivity contribution in [3.63, 3.8) is 0 Å². The van der Waals surface area contributed by atoms with Gasteiger partial charge < -0.3 is 10.6 Å². The number of thiophene rings is 1. The van der Waals surface area contributed by atoms with E-state index in [0.717, 1.165) is 16.7 Å². The van der Waals surface area contributed by atoms with Crippen LogP contribution in [0.15, 0.2) is 18.2 Å². The summed E-state index contributed by atoms with van der Waals surface area (Å²) in [5.41, 5.74) is 6.75. The second kappa shape index (κ2) is 8.08. The van der Waals surface area contributed by atoms with Crippen molar-refractivity contribution in [2.24, 2.45) is 11.7 Å². The SMILES string of the molecule is Cc1c(C(=O)N(C)CCC(N)C(C)C)sc2cccc(F)c12.Cl. The predicted octanol–water partition coefficient (Wildman–Crippen LogP) is 4.22.